The summed E-state index contributed by atoms with van der Waals surface area (Å²) in [7, 11) is 0. The van der Waals surface area contributed by atoms with Crippen LogP contribution in [0.25, 0.3) is 0 Å². The molecule has 74 valence electrons. The van der Waals surface area contributed by atoms with E-state index in [1.807, 2.05) is 0 Å². The van der Waals surface area contributed by atoms with Crippen LogP contribution in [0.15, 0.2) is 24.3 Å². The van der Waals surface area contributed by atoms with Crippen molar-refractivity contribution in [1.29, 1.82) is 0 Å². The average Bonchev–Trinajstić information content (AvgIpc) is 2.06. The minimum Gasteiger partial charge on any atom is -0.271 e. The quantitative estimate of drug-likeness (QED) is 0.580. The summed E-state index contributed by atoms with van der Waals surface area (Å²) >= 11 is 0. The Kier molecular flexibility index (Phi) is 5.71. The first-order valence-corrected chi connectivity index (χ1v) is 4.26. The van der Waals surface area contributed by atoms with Crippen molar-refractivity contribution in [3.63, 3.8) is 0 Å². The fraction of sp³-hybridized carbons (Fsp3) is 0.400. The van der Waals surface area contributed by atoms with Gasteiger partial charge in [0, 0.05) is 6.54 Å². The van der Waals surface area contributed by atoms with E-state index >= 15 is 0 Å². The topological polar surface area (TPSA) is 38.0 Å². The van der Waals surface area contributed by atoms with Gasteiger partial charge in [0.1, 0.15) is 0 Å². The van der Waals surface area contributed by atoms with Crippen LogP contribution in [-0.2, 0) is 6.54 Å². The Morgan fingerprint density at radius 1 is 1.23 bits per heavy atom. The summed E-state index contributed by atoms with van der Waals surface area (Å²) in [5, 5.41) is 0. The Labute approximate surface area is 85.9 Å². The smallest absolute Gasteiger partial charge is 0.0348 e. The van der Waals surface area contributed by atoms with Crippen LogP contribution in [0.1, 0.15) is 30.9 Å². The third-order valence-electron chi connectivity index (χ3n) is 1.95. The first-order valence-electron chi connectivity index (χ1n) is 4.26. The van der Waals surface area contributed by atoms with Crippen molar-refractivity contribution < 1.29 is 0 Å². The lowest BCUT2D eigenvalue weighted by Gasteiger charge is -2.05. The van der Waals surface area contributed by atoms with E-state index in [-0.39, 0.29) is 12.4 Å². The van der Waals surface area contributed by atoms with Gasteiger partial charge in [-0.05, 0) is 17.0 Å². The second-order valence-electron chi connectivity index (χ2n) is 3.28. The highest BCUT2D eigenvalue weighted by molar-refractivity contribution is 5.85. The highest BCUT2D eigenvalue weighted by atomic mass is 35.5. The van der Waals surface area contributed by atoms with E-state index < -0.39 is 0 Å². The maximum atomic E-state index is 5.21. The van der Waals surface area contributed by atoms with E-state index in [0.717, 1.165) is 6.54 Å². The molecule has 2 nitrogen and oxygen atoms in total. The summed E-state index contributed by atoms with van der Waals surface area (Å²) in [6.07, 6.45) is 0. The summed E-state index contributed by atoms with van der Waals surface area (Å²) in [6.45, 7) is 5.12. The van der Waals surface area contributed by atoms with Gasteiger partial charge in [0.05, 0.1) is 0 Å². The van der Waals surface area contributed by atoms with E-state index in [4.69, 9.17) is 5.84 Å². The van der Waals surface area contributed by atoms with Crippen molar-refractivity contribution in [3.05, 3.63) is 35.4 Å². The van der Waals surface area contributed by atoms with Gasteiger partial charge in [0.2, 0.25) is 0 Å². The lowest BCUT2D eigenvalue weighted by atomic mass is 10.0. The molecule has 0 aromatic heterocycles. The molecule has 0 heterocycles. The predicted molar refractivity (Wildman–Crippen MR) is 58.8 cm³/mol. The van der Waals surface area contributed by atoms with Crippen molar-refractivity contribution in [3.8, 4) is 0 Å². The molecule has 0 amide bonds. The molecule has 0 saturated heterocycles. The number of hydrogen-bond acceptors (Lipinski definition) is 2. The zero-order valence-electron chi connectivity index (χ0n) is 8.08. The van der Waals surface area contributed by atoms with Gasteiger partial charge in [-0.15, -0.1) is 12.4 Å². The van der Waals surface area contributed by atoms with Crippen molar-refractivity contribution >= 4 is 12.4 Å². The van der Waals surface area contributed by atoms with Crippen LogP contribution in [0, 0.1) is 0 Å². The van der Waals surface area contributed by atoms with Gasteiger partial charge in [-0.2, -0.15) is 0 Å². The number of hydrazine groups is 1. The Hall–Kier alpha value is -0.570. The predicted octanol–water partition coefficient (Wildman–Crippen LogP) is 2.20. The number of hydrogen-bond donors (Lipinski definition) is 2. The zero-order valence-corrected chi connectivity index (χ0v) is 8.90. The molecule has 3 N–H and O–H groups in total. The molecule has 0 saturated carbocycles. The van der Waals surface area contributed by atoms with Gasteiger partial charge >= 0.3 is 0 Å². The lowest BCUT2D eigenvalue weighted by Crippen LogP contribution is -2.20. The first kappa shape index (κ1) is 12.4. The molecule has 0 unspecified atom stereocenters. The minimum atomic E-state index is 0. The number of rotatable bonds is 3. The van der Waals surface area contributed by atoms with Crippen molar-refractivity contribution in [2.45, 2.75) is 26.3 Å². The standard InChI is InChI=1S/C10H16N2.ClH/c1-8(2)10-5-3-9(4-6-10)7-12-11;/h3-6,8,12H,7,11H2,1-2H3;1H. The van der Waals surface area contributed by atoms with Crippen LogP contribution in [0.2, 0.25) is 0 Å². The van der Waals surface area contributed by atoms with Crippen LogP contribution >= 0.6 is 12.4 Å². The molecule has 0 aliphatic rings. The monoisotopic (exact) mass is 200 g/mol. The normalized spacial score (nSPS) is 9.85. The number of halogens is 1. The van der Waals surface area contributed by atoms with Crippen molar-refractivity contribution in [2.24, 2.45) is 5.84 Å². The third-order valence-corrected chi connectivity index (χ3v) is 1.95. The highest BCUT2D eigenvalue weighted by Crippen LogP contribution is 2.14. The minimum absolute atomic E-state index is 0. The van der Waals surface area contributed by atoms with Crippen molar-refractivity contribution in [1.82, 2.24) is 5.43 Å². The molecule has 0 aliphatic heterocycles. The Bertz CT molecular complexity index is 231. The summed E-state index contributed by atoms with van der Waals surface area (Å²) < 4.78 is 0. The summed E-state index contributed by atoms with van der Waals surface area (Å²) in [5.41, 5.74) is 5.23. The fourth-order valence-corrected chi connectivity index (χ4v) is 1.14. The van der Waals surface area contributed by atoms with Crippen LogP contribution < -0.4 is 11.3 Å². The largest absolute Gasteiger partial charge is 0.271 e. The molecule has 0 atom stereocenters. The lowest BCUT2D eigenvalue weighted by molar-refractivity contribution is 0.740. The van der Waals surface area contributed by atoms with Gasteiger partial charge < -0.3 is 0 Å². The summed E-state index contributed by atoms with van der Waals surface area (Å²) in [4.78, 5) is 0. The number of benzene rings is 1. The molecule has 1 rings (SSSR count). The average molecular weight is 201 g/mol. The van der Waals surface area contributed by atoms with Crippen LogP contribution in [-0.4, -0.2) is 0 Å². The summed E-state index contributed by atoms with van der Waals surface area (Å²) in [6, 6.07) is 8.51. The molecule has 1 aromatic carbocycles. The highest BCUT2D eigenvalue weighted by Gasteiger charge is 1.97. The summed E-state index contributed by atoms with van der Waals surface area (Å²) in [5.74, 6) is 5.81. The molecule has 13 heavy (non-hydrogen) atoms. The number of nitrogens with two attached hydrogens (primary N) is 1. The SMILES string of the molecule is CC(C)c1ccc(CNN)cc1.Cl. The Balaban J connectivity index is 0.00000144. The van der Waals surface area contributed by atoms with E-state index in [1.165, 1.54) is 11.1 Å². The maximum absolute atomic E-state index is 5.21. The second kappa shape index (κ2) is 5.97. The molecule has 0 bridgehead atoms. The van der Waals surface area contributed by atoms with Gasteiger partial charge in [-0.25, -0.2) is 0 Å². The van der Waals surface area contributed by atoms with Gasteiger partial charge in [0.25, 0.3) is 0 Å². The molecule has 0 fully saturated rings. The molecule has 3 heteroatoms. The molecular weight excluding hydrogens is 184 g/mol. The molecule has 0 aliphatic carbocycles. The molecule has 0 radical (unpaired) electrons. The van der Waals surface area contributed by atoms with Gasteiger partial charge in [-0.1, -0.05) is 38.1 Å². The maximum Gasteiger partial charge on any atom is 0.0348 e. The molecular formula is C10H17ClN2. The van der Waals surface area contributed by atoms with Gasteiger partial charge in [0.15, 0.2) is 0 Å². The Morgan fingerprint density at radius 2 is 1.77 bits per heavy atom. The first-order chi connectivity index (χ1) is 5.74. The van der Waals surface area contributed by atoms with Gasteiger partial charge in [-0.3, -0.25) is 11.3 Å². The second-order valence-corrected chi connectivity index (χ2v) is 3.28. The van der Waals surface area contributed by atoms with E-state index in [2.05, 4.69) is 43.5 Å². The molecule has 0 spiro atoms. The number of nitrogens with one attached hydrogen (secondary N) is 1. The Morgan fingerprint density at radius 3 is 2.15 bits per heavy atom. The fourth-order valence-electron chi connectivity index (χ4n) is 1.14. The van der Waals surface area contributed by atoms with E-state index in [0.29, 0.717) is 5.92 Å². The van der Waals surface area contributed by atoms with Crippen LogP contribution in [0.5, 0.6) is 0 Å². The van der Waals surface area contributed by atoms with E-state index in [9.17, 15) is 0 Å². The van der Waals surface area contributed by atoms with Crippen LogP contribution in [0.4, 0.5) is 0 Å². The third kappa shape index (κ3) is 3.77. The zero-order chi connectivity index (χ0) is 8.97. The van der Waals surface area contributed by atoms with E-state index in [1.54, 1.807) is 0 Å². The van der Waals surface area contributed by atoms with Crippen molar-refractivity contribution in [2.75, 3.05) is 0 Å². The molecule has 1 aromatic rings. The van der Waals surface area contributed by atoms with Crippen LogP contribution in [0.3, 0.4) is 0 Å².